The van der Waals surface area contributed by atoms with Crippen molar-refractivity contribution in [3.8, 4) is 0 Å². The average Bonchev–Trinajstić information content (AvgIpc) is 2.35. The van der Waals surface area contributed by atoms with Crippen molar-refractivity contribution in [3.63, 3.8) is 0 Å². The van der Waals surface area contributed by atoms with Crippen LogP contribution in [0, 0.1) is 0 Å². The van der Waals surface area contributed by atoms with Gasteiger partial charge >= 0.3 is 5.97 Å². The Hall–Kier alpha value is -1.92. The van der Waals surface area contributed by atoms with E-state index < -0.39 is 11.9 Å². The minimum Gasteiger partial charge on any atom is -0.480 e. The number of aliphatic carboxylic acids is 1. The smallest absolute Gasteiger partial charge is 0.329 e. The Balaban J connectivity index is 1.82. The first-order chi connectivity index (χ1) is 9.38. The number of nitrogens with zero attached hydrogens (tertiary/aromatic N) is 1. The normalized spacial score (nSPS) is 17.4. The van der Waals surface area contributed by atoms with Crippen molar-refractivity contribution in [1.82, 2.24) is 4.90 Å². The summed E-state index contributed by atoms with van der Waals surface area (Å²) in [6.45, 7) is 3.76. The zero-order chi connectivity index (χ0) is 14.8. The Bertz CT molecular complexity index is 506. The molecule has 2 rings (SSSR count). The monoisotopic (exact) mass is 278 g/mol. The molecule has 1 saturated heterocycles. The van der Waals surface area contributed by atoms with E-state index in [0.717, 1.165) is 12.1 Å². The van der Waals surface area contributed by atoms with E-state index in [1.54, 1.807) is 12.1 Å². The molecule has 0 radical (unpaired) electrons. The van der Waals surface area contributed by atoms with E-state index >= 15 is 0 Å². The Morgan fingerprint density at radius 2 is 1.95 bits per heavy atom. The summed E-state index contributed by atoms with van der Waals surface area (Å²) in [5.74, 6) is -1.39. The minimum absolute atomic E-state index is 0.266. The van der Waals surface area contributed by atoms with Gasteiger partial charge in [-0.25, -0.2) is 4.79 Å². The van der Waals surface area contributed by atoms with Crippen LogP contribution in [0.2, 0.25) is 0 Å². The van der Waals surface area contributed by atoms with Gasteiger partial charge in [-0.3, -0.25) is 9.69 Å². The molecule has 20 heavy (non-hydrogen) atoms. The first-order valence-electron chi connectivity index (χ1n) is 6.35. The van der Waals surface area contributed by atoms with Gasteiger partial charge in [-0.15, -0.1) is 0 Å². The molecule has 6 heteroatoms. The number of primary amides is 1. The fourth-order valence-electron chi connectivity index (χ4n) is 2.37. The molecule has 1 aliphatic rings. The summed E-state index contributed by atoms with van der Waals surface area (Å²) >= 11 is 0. The van der Waals surface area contributed by atoms with E-state index in [1.807, 2.05) is 19.1 Å². The van der Waals surface area contributed by atoms with Crippen LogP contribution in [0.25, 0.3) is 0 Å². The van der Waals surface area contributed by atoms with Crippen molar-refractivity contribution < 1.29 is 19.4 Å². The van der Waals surface area contributed by atoms with Crippen molar-refractivity contribution >= 4 is 11.9 Å². The summed E-state index contributed by atoms with van der Waals surface area (Å²) in [4.78, 5) is 23.6. The fraction of sp³-hybridized carbons (Fsp3) is 0.429. The number of nitrogens with two attached hydrogens (primary N) is 1. The van der Waals surface area contributed by atoms with Gasteiger partial charge in [0.05, 0.1) is 5.60 Å². The molecular formula is C14H18N2O4. The number of carboxylic acids is 1. The van der Waals surface area contributed by atoms with Crippen LogP contribution in [0.1, 0.15) is 22.8 Å². The van der Waals surface area contributed by atoms with Crippen molar-refractivity contribution in [2.45, 2.75) is 19.1 Å². The number of ether oxygens (including phenoxy) is 1. The lowest BCUT2D eigenvalue weighted by molar-refractivity contribution is -0.165. The van der Waals surface area contributed by atoms with E-state index in [-0.39, 0.29) is 12.2 Å². The first-order valence-corrected chi connectivity index (χ1v) is 6.35. The number of benzene rings is 1. The Kier molecular flexibility index (Phi) is 4.06. The van der Waals surface area contributed by atoms with Gasteiger partial charge in [0.25, 0.3) is 0 Å². The highest BCUT2D eigenvalue weighted by Gasteiger charge is 2.39. The van der Waals surface area contributed by atoms with Crippen LogP contribution >= 0.6 is 0 Å². The number of amides is 1. The number of carboxylic acid groups (broad SMARTS) is 1. The SMILES string of the molecule is CC1(OCC(=O)O)CN(Cc2ccc(C(N)=O)cc2)C1. The van der Waals surface area contributed by atoms with Crippen LogP contribution < -0.4 is 5.73 Å². The molecule has 108 valence electrons. The van der Waals surface area contributed by atoms with Crippen LogP contribution in [0.3, 0.4) is 0 Å². The number of hydrogen-bond donors (Lipinski definition) is 2. The summed E-state index contributed by atoms with van der Waals surface area (Å²) in [6.07, 6.45) is 0. The van der Waals surface area contributed by atoms with Crippen molar-refractivity contribution in [2.75, 3.05) is 19.7 Å². The number of carbonyl (C=O) groups is 2. The molecule has 1 aromatic rings. The third-order valence-electron chi connectivity index (χ3n) is 3.30. The predicted octanol–water partition coefficient (Wildman–Crippen LogP) is 0.461. The molecule has 1 heterocycles. The lowest BCUT2D eigenvalue weighted by Crippen LogP contribution is -2.61. The highest BCUT2D eigenvalue weighted by Crippen LogP contribution is 2.26. The summed E-state index contributed by atoms with van der Waals surface area (Å²) in [7, 11) is 0. The first kappa shape index (κ1) is 14.5. The number of hydrogen-bond acceptors (Lipinski definition) is 4. The van der Waals surface area contributed by atoms with Gasteiger partial charge in [0.15, 0.2) is 0 Å². The lowest BCUT2D eigenvalue weighted by Gasteiger charge is -2.47. The third kappa shape index (κ3) is 3.55. The van der Waals surface area contributed by atoms with Crippen LogP contribution in [0.15, 0.2) is 24.3 Å². The Labute approximate surface area is 117 Å². The van der Waals surface area contributed by atoms with Gasteiger partial charge in [0.2, 0.25) is 5.91 Å². The number of rotatable bonds is 6. The maximum atomic E-state index is 11.0. The molecule has 1 amide bonds. The quantitative estimate of drug-likeness (QED) is 0.788. The van der Waals surface area contributed by atoms with Crippen LogP contribution in [0.5, 0.6) is 0 Å². The second-order valence-corrected chi connectivity index (χ2v) is 5.34. The molecule has 0 spiro atoms. The van der Waals surface area contributed by atoms with Gasteiger partial charge < -0.3 is 15.6 Å². The molecule has 1 fully saturated rings. The molecule has 3 N–H and O–H groups in total. The molecule has 1 aromatic carbocycles. The van der Waals surface area contributed by atoms with E-state index in [4.69, 9.17) is 15.6 Å². The maximum absolute atomic E-state index is 11.0. The van der Waals surface area contributed by atoms with Gasteiger partial charge in [0, 0.05) is 25.2 Å². The van der Waals surface area contributed by atoms with E-state index in [9.17, 15) is 9.59 Å². The van der Waals surface area contributed by atoms with Crippen molar-refractivity contribution in [3.05, 3.63) is 35.4 Å². The predicted molar refractivity (Wildman–Crippen MR) is 72.2 cm³/mol. The third-order valence-corrected chi connectivity index (χ3v) is 3.30. The second-order valence-electron chi connectivity index (χ2n) is 5.34. The average molecular weight is 278 g/mol. The van der Waals surface area contributed by atoms with Crippen LogP contribution in [0.4, 0.5) is 0 Å². The summed E-state index contributed by atoms with van der Waals surface area (Å²) in [5.41, 5.74) is 6.37. The largest absolute Gasteiger partial charge is 0.480 e. The van der Waals surface area contributed by atoms with Gasteiger partial charge in [-0.2, -0.15) is 0 Å². The van der Waals surface area contributed by atoms with E-state index in [1.165, 1.54) is 0 Å². The zero-order valence-corrected chi connectivity index (χ0v) is 11.3. The van der Waals surface area contributed by atoms with Gasteiger partial charge in [0.1, 0.15) is 6.61 Å². The van der Waals surface area contributed by atoms with Crippen molar-refractivity contribution in [1.29, 1.82) is 0 Å². The zero-order valence-electron chi connectivity index (χ0n) is 11.3. The summed E-state index contributed by atoms with van der Waals surface area (Å²) in [5, 5.41) is 8.59. The standard InChI is InChI=1S/C14H18N2O4/c1-14(20-7-12(17)18)8-16(9-14)6-10-2-4-11(5-3-10)13(15)19/h2-5H,6-9H2,1H3,(H2,15,19)(H,17,18). The van der Waals surface area contributed by atoms with Crippen LogP contribution in [-0.4, -0.2) is 47.2 Å². The lowest BCUT2D eigenvalue weighted by atomic mass is 9.95. The minimum atomic E-state index is -0.952. The molecular weight excluding hydrogens is 260 g/mol. The van der Waals surface area contributed by atoms with Crippen LogP contribution in [-0.2, 0) is 16.1 Å². The molecule has 0 atom stereocenters. The van der Waals surface area contributed by atoms with Gasteiger partial charge in [-0.05, 0) is 24.6 Å². The number of carbonyl (C=O) groups excluding carboxylic acids is 1. The molecule has 0 saturated carbocycles. The number of likely N-dealkylation sites (tertiary alicyclic amines) is 1. The molecule has 0 unspecified atom stereocenters. The maximum Gasteiger partial charge on any atom is 0.329 e. The molecule has 1 aliphatic heterocycles. The van der Waals surface area contributed by atoms with Crippen molar-refractivity contribution in [2.24, 2.45) is 5.73 Å². The highest BCUT2D eigenvalue weighted by molar-refractivity contribution is 5.92. The molecule has 0 bridgehead atoms. The highest BCUT2D eigenvalue weighted by atomic mass is 16.5. The van der Waals surface area contributed by atoms with Gasteiger partial charge in [-0.1, -0.05) is 12.1 Å². The van der Waals surface area contributed by atoms with E-state index in [0.29, 0.717) is 18.7 Å². The molecule has 0 aliphatic carbocycles. The molecule has 6 nitrogen and oxygen atoms in total. The summed E-state index contributed by atoms with van der Waals surface area (Å²) in [6, 6.07) is 7.15. The fourth-order valence-corrected chi connectivity index (χ4v) is 2.37. The topological polar surface area (TPSA) is 92.9 Å². The Morgan fingerprint density at radius 1 is 1.35 bits per heavy atom. The Morgan fingerprint density at radius 3 is 2.45 bits per heavy atom. The second kappa shape index (κ2) is 5.60. The van der Waals surface area contributed by atoms with E-state index in [2.05, 4.69) is 4.90 Å². The molecule has 0 aromatic heterocycles. The summed E-state index contributed by atoms with van der Waals surface area (Å²) < 4.78 is 5.34.